The Bertz CT molecular complexity index is 2070. The molecule has 5 aromatic rings. The molecule has 0 bridgehead atoms. The van der Waals surface area contributed by atoms with Crippen LogP contribution in [0.1, 0.15) is 124 Å². The fraction of sp³-hybridized carbons (Fsp3) is 0.500. The minimum Gasteiger partial charge on any atom is -0.456 e. The third kappa shape index (κ3) is 4.86. The number of rotatable bonds is 4. The summed E-state index contributed by atoms with van der Waals surface area (Å²) < 4.78 is 6.51. The molecular weight excluding hydrogens is 607 g/mol. The van der Waals surface area contributed by atoms with Crippen LogP contribution in [-0.4, -0.2) is 13.1 Å². The van der Waals surface area contributed by atoms with Crippen LogP contribution in [0.2, 0.25) is 0 Å². The van der Waals surface area contributed by atoms with Crippen molar-refractivity contribution < 1.29 is 4.42 Å². The van der Waals surface area contributed by atoms with Crippen LogP contribution >= 0.6 is 0 Å². The van der Waals surface area contributed by atoms with E-state index in [9.17, 15) is 0 Å². The number of hydrogen-bond donors (Lipinski definition) is 0. The highest BCUT2D eigenvalue weighted by Crippen LogP contribution is 2.60. The Morgan fingerprint density at radius 3 is 2.32 bits per heavy atom. The van der Waals surface area contributed by atoms with Crippen molar-refractivity contribution in [1.29, 1.82) is 0 Å². The van der Waals surface area contributed by atoms with Crippen molar-refractivity contribution in [3.05, 3.63) is 113 Å². The van der Waals surface area contributed by atoms with Gasteiger partial charge in [0.25, 0.3) is 0 Å². The third-order valence-electron chi connectivity index (χ3n) is 15.5. The van der Waals surface area contributed by atoms with E-state index in [0.29, 0.717) is 17.9 Å². The zero-order valence-corrected chi connectivity index (χ0v) is 30.7. The van der Waals surface area contributed by atoms with E-state index in [-0.39, 0.29) is 5.41 Å². The van der Waals surface area contributed by atoms with E-state index in [0.717, 1.165) is 46.7 Å². The van der Waals surface area contributed by atoms with Gasteiger partial charge >= 0.3 is 0 Å². The van der Waals surface area contributed by atoms with Gasteiger partial charge in [-0.15, -0.1) is 0 Å². The molecule has 0 saturated heterocycles. The minimum absolute atomic E-state index is 0.224. The quantitative estimate of drug-likeness (QED) is 0.191. The highest BCUT2D eigenvalue weighted by molar-refractivity contribution is 6.05. The molecule has 4 fully saturated rings. The number of nitrogens with zero attached hydrogens (tertiary/aromatic N) is 1. The van der Waals surface area contributed by atoms with Gasteiger partial charge in [0, 0.05) is 29.5 Å². The van der Waals surface area contributed by atoms with Crippen molar-refractivity contribution in [2.45, 2.75) is 114 Å². The van der Waals surface area contributed by atoms with E-state index in [1.807, 2.05) is 0 Å². The number of para-hydroxylation sites is 2. The molecule has 4 saturated carbocycles. The highest BCUT2D eigenvalue weighted by atomic mass is 16.3. The lowest BCUT2D eigenvalue weighted by Gasteiger charge is -2.41. The first kappa shape index (κ1) is 31.2. The van der Waals surface area contributed by atoms with Crippen LogP contribution in [-0.2, 0) is 5.41 Å². The molecule has 0 radical (unpaired) electrons. The summed E-state index contributed by atoms with van der Waals surface area (Å²) in [5, 5.41) is 2.56. The summed E-state index contributed by atoms with van der Waals surface area (Å²) in [4.78, 5) is 2.71. The predicted molar refractivity (Wildman–Crippen MR) is 208 cm³/mol. The summed E-state index contributed by atoms with van der Waals surface area (Å²) >= 11 is 0. The Balaban J connectivity index is 0.838. The topological polar surface area (TPSA) is 16.4 Å². The summed E-state index contributed by atoms with van der Waals surface area (Å²) in [5.74, 6) is 6.43. The van der Waals surface area contributed by atoms with Crippen LogP contribution in [0.25, 0.3) is 21.9 Å². The predicted octanol–water partition coefficient (Wildman–Crippen LogP) is 12.7. The first-order valence-electron chi connectivity index (χ1n) is 20.2. The Labute approximate surface area is 299 Å². The van der Waals surface area contributed by atoms with Gasteiger partial charge in [0.15, 0.2) is 0 Å². The molecule has 1 heterocycles. The van der Waals surface area contributed by atoms with Crippen LogP contribution in [0, 0.1) is 36.5 Å². The van der Waals surface area contributed by atoms with Crippen molar-refractivity contribution in [3.63, 3.8) is 0 Å². The van der Waals surface area contributed by atoms with E-state index < -0.39 is 0 Å². The van der Waals surface area contributed by atoms with Gasteiger partial charge < -0.3 is 9.32 Å². The summed E-state index contributed by atoms with van der Waals surface area (Å²) in [6, 6.07) is 33.2. The summed E-state index contributed by atoms with van der Waals surface area (Å²) in [7, 11) is 2.42. The highest BCUT2D eigenvalue weighted by Gasteiger charge is 2.50. The largest absolute Gasteiger partial charge is 0.456 e. The van der Waals surface area contributed by atoms with Gasteiger partial charge in [-0.2, -0.15) is 0 Å². The molecule has 0 amide bonds. The first-order valence-corrected chi connectivity index (χ1v) is 20.2. The third-order valence-corrected chi connectivity index (χ3v) is 15.5. The van der Waals surface area contributed by atoms with Crippen LogP contribution in [0.3, 0.4) is 0 Å². The monoisotopic (exact) mass is 661 g/mol. The number of anilines is 1. The van der Waals surface area contributed by atoms with Gasteiger partial charge in [-0.05, 0) is 164 Å². The molecule has 2 heteroatoms. The maximum absolute atomic E-state index is 6.51. The van der Waals surface area contributed by atoms with Gasteiger partial charge in [0.1, 0.15) is 11.2 Å². The fourth-order valence-corrected chi connectivity index (χ4v) is 13.0. The molecule has 2 nitrogen and oxygen atoms in total. The van der Waals surface area contributed by atoms with Gasteiger partial charge in [0.2, 0.25) is 0 Å². The number of fused-ring (bicyclic) bond motifs is 9. The van der Waals surface area contributed by atoms with E-state index in [1.165, 1.54) is 91.8 Å². The summed E-state index contributed by atoms with van der Waals surface area (Å²) in [5.41, 5.74) is 11.6. The Morgan fingerprint density at radius 2 is 1.44 bits per heavy atom. The average Bonchev–Trinajstić information content (AvgIpc) is 3.78. The molecule has 5 aliphatic rings. The molecule has 10 rings (SSSR count). The van der Waals surface area contributed by atoms with Crippen LogP contribution in [0.4, 0.5) is 5.69 Å². The van der Waals surface area contributed by atoms with E-state index in [4.69, 9.17) is 4.42 Å². The van der Waals surface area contributed by atoms with Crippen molar-refractivity contribution in [2.24, 2.45) is 29.6 Å². The number of benzene rings is 4. The smallest absolute Gasteiger partial charge is 0.138 e. The van der Waals surface area contributed by atoms with Crippen molar-refractivity contribution in [1.82, 2.24) is 0 Å². The molecule has 9 unspecified atom stereocenters. The van der Waals surface area contributed by atoms with Crippen molar-refractivity contribution >= 4 is 27.6 Å². The van der Waals surface area contributed by atoms with Crippen molar-refractivity contribution in [3.8, 4) is 0 Å². The molecule has 258 valence electrons. The van der Waals surface area contributed by atoms with E-state index in [2.05, 4.69) is 118 Å². The second kappa shape index (κ2) is 11.8. The lowest BCUT2D eigenvalue weighted by atomic mass is 9.65. The van der Waals surface area contributed by atoms with E-state index >= 15 is 0 Å². The standard InChI is InChI=1S/C48H55NO/c1-29-9-7-10-30(23-29)31-15-20-40-41-22-18-36(28-45(41)48(2,3)44(40)27-31)49(4)35-17-21-38-34(26-35)25-33-24-32(16-19-37(33)38)39-12-8-13-43-42-11-5-6-14-46(42)50-47(39)43/h5-14,18,22-23,28,31-35,37-38,40,44H,15-17,19-21,24-27H2,1-4H3. The Hall–Kier alpha value is -3.52. The normalized spacial score (nSPS) is 32.8. The summed E-state index contributed by atoms with van der Waals surface area (Å²) in [6.45, 7) is 7.37. The maximum atomic E-state index is 6.51. The fourth-order valence-electron chi connectivity index (χ4n) is 13.0. The number of aryl methyl sites for hydroxylation is 1. The molecule has 4 aromatic carbocycles. The number of hydrogen-bond acceptors (Lipinski definition) is 2. The van der Waals surface area contributed by atoms with Crippen LogP contribution < -0.4 is 4.90 Å². The molecule has 0 aliphatic heterocycles. The van der Waals surface area contributed by atoms with Gasteiger partial charge in [-0.25, -0.2) is 0 Å². The van der Waals surface area contributed by atoms with E-state index in [1.54, 1.807) is 16.7 Å². The SMILES string of the molecule is Cc1cccc(C2CCC3c4ccc(N(C)C5CCC6C(CC7CC(c8cccc9c8oc8ccccc89)CCC76)C5)cc4C(C)(C)C3C2)c1. The van der Waals surface area contributed by atoms with Crippen LogP contribution in [0.5, 0.6) is 0 Å². The lowest BCUT2D eigenvalue weighted by molar-refractivity contribution is 0.165. The Morgan fingerprint density at radius 1 is 0.660 bits per heavy atom. The molecule has 9 atom stereocenters. The molecule has 5 aliphatic carbocycles. The maximum Gasteiger partial charge on any atom is 0.138 e. The minimum atomic E-state index is 0.224. The molecule has 0 spiro atoms. The number of furan rings is 1. The zero-order chi connectivity index (χ0) is 33.7. The molecule has 50 heavy (non-hydrogen) atoms. The lowest BCUT2D eigenvalue weighted by Crippen LogP contribution is -2.39. The molecular formula is C48H55NO. The zero-order valence-electron chi connectivity index (χ0n) is 30.7. The second-order valence-electron chi connectivity index (χ2n) is 18.1. The van der Waals surface area contributed by atoms with Gasteiger partial charge in [-0.3, -0.25) is 0 Å². The second-order valence-corrected chi connectivity index (χ2v) is 18.1. The summed E-state index contributed by atoms with van der Waals surface area (Å²) in [6.07, 6.45) is 13.6. The Kier molecular flexibility index (Phi) is 7.35. The molecule has 0 N–H and O–H groups in total. The van der Waals surface area contributed by atoms with Crippen molar-refractivity contribution in [2.75, 3.05) is 11.9 Å². The van der Waals surface area contributed by atoms with Gasteiger partial charge in [0.05, 0.1) is 0 Å². The molecule has 1 aromatic heterocycles. The average molecular weight is 662 g/mol. The first-order chi connectivity index (χ1) is 24.3. The van der Waals surface area contributed by atoms with Crippen LogP contribution in [0.15, 0.2) is 89.3 Å². The van der Waals surface area contributed by atoms with Gasteiger partial charge in [-0.1, -0.05) is 86.1 Å².